The van der Waals surface area contributed by atoms with Crippen molar-refractivity contribution in [1.82, 2.24) is 24.2 Å². The summed E-state index contributed by atoms with van der Waals surface area (Å²) in [6, 6.07) is 15.1. The maximum atomic E-state index is 13.5. The number of amides is 1. The number of hydrogen-bond acceptors (Lipinski definition) is 8. The molecule has 12 heteroatoms. The fraction of sp³-hybridized carbons (Fsp3) is 0.464. The first kappa shape index (κ1) is 29.7. The normalized spacial score (nSPS) is 19.9. The zero-order valence-electron chi connectivity index (χ0n) is 23.1. The lowest BCUT2D eigenvalue weighted by atomic mass is 10.0. The first-order chi connectivity index (χ1) is 19.2. The van der Waals surface area contributed by atoms with Crippen LogP contribution < -0.4 is 4.74 Å². The molecule has 2 bridgehead atoms. The van der Waals surface area contributed by atoms with Gasteiger partial charge in [-0.25, -0.2) is 8.42 Å². The van der Waals surface area contributed by atoms with Crippen LogP contribution in [0.25, 0.3) is 0 Å². The summed E-state index contributed by atoms with van der Waals surface area (Å²) in [6.07, 6.45) is 2.10. The van der Waals surface area contributed by atoms with Gasteiger partial charge in [0.25, 0.3) is 0 Å². The Morgan fingerprint density at radius 3 is 2.55 bits per heavy atom. The number of aromatic nitrogens is 3. The van der Waals surface area contributed by atoms with Crippen LogP contribution in [-0.4, -0.2) is 82.5 Å². The van der Waals surface area contributed by atoms with E-state index in [0.717, 1.165) is 0 Å². The summed E-state index contributed by atoms with van der Waals surface area (Å²) in [5.41, 5.74) is 0.628. The van der Waals surface area contributed by atoms with Crippen molar-refractivity contribution in [2.45, 2.75) is 56.9 Å². The highest BCUT2D eigenvalue weighted by atomic mass is 32.2. The number of fused-ring (bicyclic) bond motifs is 2. The summed E-state index contributed by atoms with van der Waals surface area (Å²) in [5, 5.41) is 18.0. The Balaban J connectivity index is 1.51. The summed E-state index contributed by atoms with van der Waals surface area (Å²) in [6.45, 7) is 4.59. The number of nitrogens with zero attached hydrogens (tertiary/aromatic N) is 5. The standard InChI is InChI=1S/C28H37N5O6S/c1-21-16-33(22(2)19-34)28(35)10-7-15-32-17-23(29-30-32)20-38-27(21)18-31(3)40(36,37)26-13-11-25(12-14-26)39-24-8-5-4-6-9-24/h4-6,8-9,11-14,17,21-22,27,34H,7,10,15-16,18-20H2,1-3H3/t21-,22-,27+/m0/s1. The van der Waals surface area contributed by atoms with E-state index in [2.05, 4.69) is 10.3 Å². The Hall–Kier alpha value is -3.32. The van der Waals surface area contributed by atoms with Crippen LogP contribution in [0.1, 0.15) is 32.4 Å². The molecule has 0 unspecified atom stereocenters. The lowest BCUT2D eigenvalue weighted by molar-refractivity contribution is -0.136. The molecule has 3 aromatic rings. The number of aliphatic hydroxyl groups is 1. The van der Waals surface area contributed by atoms with E-state index >= 15 is 0 Å². The molecule has 40 heavy (non-hydrogen) atoms. The quantitative estimate of drug-likeness (QED) is 0.437. The number of carbonyl (C=O) groups excluding carboxylic acids is 1. The van der Waals surface area contributed by atoms with Gasteiger partial charge in [-0.15, -0.1) is 5.10 Å². The van der Waals surface area contributed by atoms with Crippen LogP contribution in [0.3, 0.4) is 0 Å². The lowest BCUT2D eigenvalue weighted by Crippen LogP contribution is -2.47. The number of carbonyl (C=O) groups is 1. The zero-order chi connectivity index (χ0) is 28.7. The van der Waals surface area contributed by atoms with Crippen LogP contribution in [0.2, 0.25) is 0 Å². The minimum atomic E-state index is -3.85. The topological polar surface area (TPSA) is 127 Å². The van der Waals surface area contributed by atoms with Gasteiger partial charge in [0.2, 0.25) is 15.9 Å². The number of aliphatic hydroxyl groups excluding tert-OH is 1. The maximum Gasteiger partial charge on any atom is 0.242 e. The molecule has 1 amide bonds. The molecule has 1 aliphatic heterocycles. The molecule has 0 fully saturated rings. The van der Waals surface area contributed by atoms with Gasteiger partial charge in [0, 0.05) is 39.0 Å². The SMILES string of the molecule is C[C@H]1CN([C@@H](C)CO)C(=O)CCCn2cc(nn2)CO[C@@H]1CN(C)S(=O)(=O)c1ccc(Oc2ccccc2)cc1. The molecular weight excluding hydrogens is 534 g/mol. The van der Waals surface area contributed by atoms with Gasteiger partial charge >= 0.3 is 0 Å². The van der Waals surface area contributed by atoms with Crippen molar-refractivity contribution in [2.75, 3.05) is 26.7 Å². The number of para-hydroxylation sites is 1. The monoisotopic (exact) mass is 571 g/mol. The van der Waals surface area contributed by atoms with E-state index in [1.807, 2.05) is 37.3 Å². The lowest BCUT2D eigenvalue weighted by Gasteiger charge is -2.35. The summed E-state index contributed by atoms with van der Waals surface area (Å²) in [5.74, 6) is 0.858. The summed E-state index contributed by atoms with van der Waals surface area (Å²) < 4.78 is 41.9. The van der Waals surface area contributed by atoms with E-state index < -0.39 is 16.1 Å². The molecule has 0 radical (unpaired) electrons. The average molecular weight is 572 g/mol. The molecule has 1 aromatic heterocycles. The third kappa shape index (κ3) is 7.45. The number of likely N-dealkylation sites (N-methyl/N-ethyl adjacent to an activating group) is 1. The van der Waals surface area contributed by atoms with Crippen LogP contribution in [0.15, 0.2) is 65.7 Å². The Bertz CT molecular complexity index is 1350. The highest BCUT2D eigenvalue weighted by molar-refractivity contribution is 7.89. The molecular formula is C28H37N5O6S. The molecule has 2 heterocycles. The Kier molecular flexibility index (Phi) is 9.90. The van der Waals surface area contributed by atoms with Crippen molar-refractivity contribution >= 4 is 15.9 Å². The average Bonchev–Trinajstić information content (AvgIpc) is 3.41. The maximum absolute atomic E-state index is 13.5. The van der Waals surface area contributed by atoms with Gasteiger partial charge in [0.05, 0.1) is 36.5 Å². The third-order valence-electron chi connectivity index (χ3n) is 6.99. The van der Waals surface area contributed by atoms with Gasteiger partial charge < -0.3 is 19.5 Å². The second-order valence-corrected chi connectivity index (χ2v) is 12.2. The van der Waals surface area contributed by atoms with Crippen LogP contribution in [0, 0.1) is 5.92 Å². The molecule has 11 nitrogen and oxygen atoms in total. The number of rotatable bonds is 8. The van der Waals surface area contributed by atoms with Crippen molar-refractivity contribution in [3.05, 3.63) is 66.5 Å². The predicted molar refractivity (Wildman–Crippen MR) is 148 cm³/mol. The summed E-state index contributed by atoms with van der Waals surface area (Å²) >= 11 is 0. The van der Waals surface area contributed by atoms with Crippen LogP contribution in [0.4, 0.5) is 0 Å². The highest BCUT2D eigenvalue weighted by Gasteiger charge is 2.31. The smallest absolute Gasteiger partial charge is 0.242 e. The van der Waals surface area contributed by atoms with E-state index in [1.165, 1.54) is 23.5 Å². The van der Waals surface area contributed by atoms with Crippen molar-refractivity contribution in [3.8, 4) is 11.5 Å². The Morgan fingerprint density at radius 1 is 1.15 bits per heavy atom. The van der Waals surface area contributed by atoms with Crippen molar-refractivity contribution in [3.63, 3.8) is 0 Å². The van der Waals surface area contributed by atoms with E-state index in [4.69, 9.17) is 9.47 Å². The minimum absolute atomic E-state index is 0.0510. The van der Waals surface area contributed by atoms with Gasteiger partial charge in [-0.2, -0.15) is 4.31 Å². The van der Waals surface area contributed by atoms with Crippen LogP contribution in [0.5, 0.6) is 11.5 Å². The minimum Gasteiger partial charge on any atom is -0.457 e. The Morgan fingerprint density at radius 2 is 1.85 bits per heavy atom. The van der Waals surface area contributed by atoms with Crippen molar-refractivity contribution in [1.29, 1.82) is 0 Å². The summed E-state index contributed by atoms with van der Waals surface area (Å²) in [4.78, 5) is 14.8. The van der Waals surface area contributed by atoms with Crippen molar-refractivity contribution < 1.29 is 27.8 Å². The first-order valence-electron chi connectivity index (χ1n) is 13.4. The second-order valence-electron chi connectivity index (χ2n) is 10.2. The fourth-order valence-corrected chi connectivity index (χ4v) is 5.71. The van der Waals surface area contributed by atoms with E-state index in [1.54, 1.807) is 34.8 Å². The molecule has 1 N–H and O–H groups in total. The molecule has 0 saturated heterocycles. The van der Waals surface area contributed by atoms with Crippen LogP contribution >= 0.6 is 0 Å². The van der Waals surface area contributed by atoms with E-state index in [0.29, 0.717) is 43.1 Å². The van der Waals surface area contributed by atoms with Gasteiger partial charge in [0.1, 0.15) is 17.2 Å². The Labute approximate surface area is 235 Å². The van der Waals surface area contributed by atoms with Gasteiger partial charge in [-0.05, 0) is 49.7 Å². The highest BCUT2D eigenvalue weighted by Crippen LogP contribution is 2.25. The largest absolute Gasteiger partial charge is 0.457 e. The molecule has 3 atom stereocenters. The number of hydrogen-bond donors (Lipinski definition) is 1. The number of aryl methyl sites for hydroxylation is 1. The van der Waals surface area contributed by atoms with Crippen molar-refractivity contribution in [2.24, 2.45) is 5.92 Å². The second kappa shape index (κ2) is 13.4. The molecule has 0 aliphatic carbocycles. The predicted octanol–water partition coefficient (Wildman–Crippen LogP) is 2.92. The molecule has 2 aromatic carbocycles. The summed E-state index contributed by atoms with van der Waals surface area (Å²) in [7, 11) is -2.34. The number of ether oxygens (including phenoxy) is 2. The van der Waals surface area contributed by atoms with Gasteiger partial charge in [-0.1, -0.05) is 30.3 Å². The van der Waals surface area contributed by atoms with Crippen LogP contribution in [-0.2, 0) is 32.7 Å². The number of benzene rings is 2. The fourth-order valence-electron chi connectivity index (χ4n) is 4.53. The van der Waals surface area contributed by atoms with E-state index in [-0.39, 0.29) is 42.5 Å². The molecule has 0 saturated carbocycles. The van der Waals surface area contributed by atoms with Gasteiger partial charge in [0.15, 0.2) is 0 Å². The first-order valence-corrected chi connectivity index (χ1v) is 14.8. The zero-order valence-corrected chi connectivity index (χ0v) is 23.9. The molecule has 216 valence electrons. The molecule has 4 rings (SSSR count). The third-order valence-corrected chi connectivity index (χ3v) is 8.83. The van der Waals surface area contributed by atoms with E-state index in [9.17, 15) is 18.3 Å². The number of sulfonamides is 1. The van der Waals surface area contributed by atoms with Gasteiger partial charge in [-0.3, -0.25) is 9.48 Å². The molecule has 1 aliphatic rings. The molecule has 0 spiro atoms.